The Morgan fingerprint density at radius 3 is 2.43 bits per heavy atom. The van der Waals surface area contributed by atoms with Crippen LogP contribution in [0.5, 0.6) is 0 Å². The molecule has 1 aliphatic heterocycles. The van der Waals surface area contributed by atoms with Crippen molar-refractivity contribution >= 4 is 29.4 Å². The van der Waals surface area contributed by atoms with Crippen molar-refractivity contribution in [1.29, 1.82) is 0 Å². The van der Waals surface area contributed by atoms with Gasteiger partial charge in [-0.3, -0.25) is 9.36 Å². The average Bonchev–Trinajstić information content (AvgIpc) is 3.13. The maximum atomic E-state index is 14.2. The topological polar surface area (TPSA) is 87.0 Å². The second-order valence-electron chi connectivity index (χ2n) is 8.17. The Balaban J connectivity index is 1.93. The van der Waals surface area contributed by atoms with E-state index < -0.39 is 29.4 Å². The van der Waals surface area contributed by atoms with E-state index in [4.69, 9.17) is 9.47 Å². The molecule has 3 aromatic rings. The molecule has 35 heavy (non-hydrogen) atoms. The maximum absolute atomic E-state index is 14.2. The van der Waals surface area contributed by atoms with E-state index in [1.54, 1.807) is 63.2 Å². The van der Waals surface area contributed by atoms with E-state index in [-0.39, 0.29) is 21.8 Å². The van der Waals surface area contributed by atoms with Gasteiger partial charge in [0.2, 0.25) is 0 Å². The minimum atomic E-state index is -0.841. The van der Waals surface area contributed by atoms with Crippen molar-refractivity contribution in [2.45, 2.75) is 32.9 Å². The fourth-order valence-corrected chi connectivity index (χ4v) is 4.87. The SMILES string of the molecule is COC(=O)c1ccc(C2C(C(=O)OC(C)C)=C(C)N=c3sc(=Cc4ccccc4F)c(=O)n32)cc1. The minimum Gasteiger partial charge on any atom is -0.465 e. The highest BCUT2D eigenvalue weighted by Gasteiger charge is 2.34. The Hall–Kier alpha value is -3.85. The summed E-state index contributed by atoms with van der Waals surface area (Å²) in [6.07, 6.45) is 1.10. The van der Waals surface area contributed by atoms with Gasteiger partial charge >= 0.3 is 11.9 Å². The van der Waals surface area contributed by atoms with Crippen molar-refractivity contribution in [1.82, 2.24) is 4.57 Å². The van der Waals surface area contributed by atoms with Crippen LogP contribution >= 0.6 is 11.3 Å². The van der Waals surface area contributed by atoms with Gasteiger partial charge in [0.1, 0.15) is 5.82 Å². The fourth-order valence-electron chi connectivity index (χ4n) is 3.83. The van der Waals surface area contributed by atoms with E-state index in [9.17, 15) is 18.8 Å². The monoisotopic (exact) mass is 494 g/mol. The molecular formula is C26H23FN2O5S. The van der Waals surface area contributed by atoms with E-state index in [1.807, 2.05) is 0 Å². The summed E-state index contributed by atoms with van der Waals surface area (Å²) in [5, 5.41) is 0. The van der Waals surface area contributed by atoms with Crippen LogP contribution in [0.2, 0.25) is 0 Å². The van der Waals surface area contributed by atoms with Gasteiger partial charge in [-0.05, 0) is 50.6 Å². The van der Waals surface area contributed by atoms with Gasteiger partial charge < -0.3 is 9.47 Å². The third-order valence-electron chi connectivity index (χ3n) is 5.42. The molecule has 0 amide bonds. The van der Waals surface area contributed by atoms with Crippen molar-refractivity contribution < 1.29 is 23.5 Å². The summed E-state index contributed by atoms with van der Waals surface area (Å²) in [6.45, 7) is 5.15. The standard InChI is InChI=1S/C26H23FN2O5S/c1-14(2)34-25(32)21-15(3)28-26-29(22(21)16-9-11-17(12-10-16)24(31)33-4)23(30)20(35-26)13-18-7-5-6-8-19(18)27/h5-14,22H,1-4H3. The van der Waals surface area contributed by atoms with Crippen molar-refractivity contribution in [3.05, 3.63) is 102 Å². The molecule has 0 saturated carbocycles. The third kappa shape index (κ3) is 4.72. The first kappa shape index (κ1) is 24.3. The van der Waals surface area contributed by atoms with Crippen LogP contribution in [0.25, 0.3) is 6.08 Å². The summed E-state index contributed by atoms with van der Waals surface area (Å²) in [7, 11) is 1.29. The van der Waals surface area contributed by atoms with Crippen LogP contribution in [0.15, 0.2) is 69.6 Å². The molecule has 0 fully saturated rings. The molecule has 4 rings (SSSR count). The predicted molar refractivity (Wildman–Crippen MR) is 129 cm³/mol. The van der Waals surface area contributed by atoms with Gasteiger partial charge in [0, 0.05) is 5.56 Å². The number of benzene rings is 2. The number of carbonyl (C=O) groups excluding carboxylic acids is 2. The number of allylic oxidation sites excluding steroid dienone is 1. The molecule has 7 nitrogen and oxygen atoms in total. The molecule has 1 aromatic heterocycles. The molecule has 0 aliphatic carbocycles. The first-order valence-electron chi connectivity index (χ1n) is 10.9. The number of fused-ring (bicyclic) bond motifs is 1. The summed E-state index contributed by atoms with van der Waals surface area (Å²) in [5.74, 6) is -1.55. The second-order valence-corrected chi connectivity index (χ2v) is 9.18. The van der Waals surface area contributed by atoms with Gasteiger partial charge in [-0.15, -0.1) is 0 Å². The zero-order chi connectivity index (χ0) is 25.3. The lowest BCUT2D eigenvalue weighted by Crippen LogP contribution is -2.40. The zero-order valence-electron chi connectivity index (χ0n) is 19.6. The summed E-state index contributed by atoms with van der Waals surface area (Å²) in [4.78, 5) is 43.4. The van der Waals surface area contributed by atoms with E-state index in [2.05, 4.69) is 4.99 Å². The van der Waals surface area contributed by atoms with Crippen molar-refractivity contribution in [2.24, 2.45) is 4.99 Å². The Kier molecular flexibility index (Phi) is 6.79. The molecule has 0 bridgehead atoms. The number of aromatic nitrogens is 1. The lowest BCUT2D eigenvalue weighted by atomic mass is 9.95. The van der Waals surface area contributed by atoms with Gasteiger partial charge in [-0.25, -0.2) is 19.0 Å². The Bertz CT molecular complexity index is 1520. The number of hydrogen-bond donors (Lipinski definition) is 0. The lowest BCUT2D eigenvalue weighted by molar-refractivity contribution is -0.143. The predicted octanol–water partition coefficient (Wildman–Crippen LogP) is 3.11. The first-order valence-corrected chi connectivity index (χ1v) is 11.7. The van der Waals surface area contributed by atoms with Gasteiger partial charge in [-0.2, -0.15) is 0 Å². The molecule has 0 saturated heterocycles. The molecule has 0 N–H and O–H groups in total. The van der Waals surface area contributed by atoms with Crippen molar-refractivity contribution in [3.8, 4) is 0 Å². The number of nitrogens with zero attached hydrogens (tertiary/aromatic N) is 2. The molecule has 1 atom stereocenters. The van der Waals surface area contributed by atoms with Crippen LogP contribution in [0.3, 0.4) is 0 Å². The van der Waals surface area contributed by atoms with E-state index in [0.717, 1.165) is 11.3 Å². The van der Waals surface area contributed by atoms with Crippen molar-refractivity contribution in [2.75, 3.05) is 7.11 Å². The molecule has 2 aromatic carbocycles. The second kappa shape index (κ2) is 9.79. The Labute approximate surface area is 204 Å². The molecule has 0 spiro atoms. The fraction of sp³-hybridized carbons (Fsp3) is 0.231. The van der Waals surface area contributed by atoms with Gasteiger partial charge in [-0.1, -0.05) is 41.7 Å². The number of ether oxygens (including phenoxy) is 2. The molecule has 180 valence electrons. The Morgan fingerprint density at radius 1 is 1.11 bits per heavy atom. The van der Waals surface area contributed by atoms with Crippen LogP contribution in [-0.4, -0.2) is 29.7 Å². The summed E-state index contributed by atoms with van der Waals surface area (Å²) >= 11 is 1.11. The molecule has 2 heterocycles. The first-order chi connectivity index (χ1) is 16.7. The largest absolute Gasteiger partial charge is 0.465 e. The molecule has 0 radical (unpaired) electrons. The number of halogens is 1. The van der Waals surface area contributed by atoms with Crippen LogP contribution in [0, 0.1) is 5.82 Å². The van der Waals surface area contributed by atoms with E-state index in [0.29, 0.717) is 21.6 Å². The zero-order valence-corrected chi connectivity index (χ0v) is 20.4. The molecular weight excluding hydrogens is 471 g/mol. The van der Waals surface area contributed by atoms with Gasteiger partial charge in [0.15, 0.2) is 4.80 Å². The molecule has 1 aliphatic rings. The van der Waals surface area contributed by atoms with Crippen LogP contribution < -0.4 is 14.9 Å². The summed E-state index contributed by atoms with van der Waals surface area (Å²) in [6, 6.07) is 11.8. The highest BCUT2D eigenvalue weighted by atomic mass is 32.1. The van der Waals surface area contributed by atoms with E-state index >= 15 is 0 Å². The smallest absolute Gasteiger partial charge is 0.338 e. The third-order valence-corrected chi connectivity index (χ3v) is 6.41. The van der Waals surface area contributed by atoms with Crippen molar-refractivity contribution in [3.63, 3.8) is 0 Å². The van der Waals surface area contributed by atoms with Gasteiger partial charge in [0.05, 0.1) is 40.6 Å². The number of hydrogen-bond acceptors (Lipinski definition) is 7. The van der Waals surface area contributed by atoms with Gasteiger partial charge in [0.25, 0.3) is 5.56 Å². The lowest BCUT2D eigenvalue weighted by Gasteiger charge is -2.25. The molecule has 9 heteroatoms. The maximum Gasteiger partial charge on any atom is 0.338 e. The van der Waals surface area contributed by atoms with Crippen LogP contribution in [0.4, 0.5) is 4.39 Å². The number of thiazole rings is 1. The quantitative estimate of drug-likeness (QED) is 0.509. The van der Waals surface area contributed by atoms with Crippen LogP contribution in [0.1, 0.15) is 48.3 Å². The molecule has 1 unspecified atom stereocenters. The number of carbonyl (C=O) groups is 2. The average molecular weight is 495 g/mol. The number of rotatable bonds is 5. The Morgan fingerprint density at radius 2 is 1.80 bits per heavy atom. The highest BCUT2D eigenvalue weighted by molar-refractivity contribution is 7.07. The number of methoxy groups -OCH3 is 1. The summed E-state index contributed by atoms with van der Waals surface area (Å²) in [5.41, 5.74) is 1.40. The van der Waals surface area contributed by atoms with Crippen LogP contribution in [-0.2, 0) is 14.3 Å². The highest BCUT2D eigenvalue weighted by Crippen LogP contribution is 2.31. The van der Waals surface area contributed by atoms with E-state index in [1.165, 1.54) is 23.8 Å². The normalized spacial score (nSPS) is 15.6. The minimum absolute atomic E-state index is 0.217. The summed E-state index contributed by atoms with van der Waals surface area (Å²) < 4.78 is 26.2. The number of esters is 2.